The van der Waals surface area contributed by atoms with Crippen LogP contribution < -0.4 is 16.4 Å². The highest BCUT2D eigenvalue weighted by molar-refractivity contribution is 6.29. The highest BCUT2D eigenvalue weighted by Gasteiger charge is 2.14. The molecular formula is C13H19ClN4O2. The Morgan fingerprint density at radius 3 is 2.65 bits per heavy atom. The summed E-state index contributed by atoms with van der Waals surface area (Å²) < 4.78 is 0. The summed E-state index contributed by atoms with van der Waals surface area (Å²) in [6.45, 7) is 5.90. The molecule has 0 aliphatic rings. The van der Waals surface area contributed by atoms with E-state index in [2.05, 4.69) is 15.6 Å². The van der Waals surface area contributed by atoms with Crippen molar-refractivity contribution >= 4 is 29.1 Å². The zero-order chi connectivity index (χ0) is 15.3. The van der Waals surface area contributed by atoms with Crippen molar-refractivity contribution in [2.24, 2.45) is 0 Å². The molecule has 20 heavy (non-hydrogen) atoms. The Morgan fingerprint density at radius 2 is 2.05 bits per heavy atom. The van der Waals surface area contributed by atoms with Gasteiger partial charge in [0.25, 0.3) is 5.91 Å². The Bertz CT molecular complexity index is 512. The van der Waals surface area contributed by atoms with Crippen molar-refractivity contribution < 1.29 is 9.59 Å². The van der Waals surface area contributed by atoms with Crippen molar-refractivity contribution in [1.29, 1.82) is 0 Å². The summed E-state index contributed by atoms with van der Waals surface area (Å²) in [5.74, 6) is -0.506. The fourth-order valence-corrected chi connectivity index (χ4v) is 1.66. The lowest BCUT2D eigenvalue weighted by atomic mass is 10.1. The molecule has 1 heterocycles. The second-order valence-corrected chi connectivity index (χ2v) is 5.79. The maximum Gasteiger partial charge on any atom is 0.253 e. The molecule has 0 spiro atoms. The van der Waals surface area contributed by atoms with Crippen LogP contribution in [-0.4, -0.2) is 28.9 Å². The second-order valence-electron chi connectivity index (χ2n) is 5.40. The molecule has 0 radical (unpaired) electrons. The number of nitrogen functional groups attached to an aromatic ring is 1. The minimum atomic E-state index is -0.379. The van der Waals surface area contributed by atoms with Crippen molar-refractivity contribution in [2.45, 2.75) is 32.7 Å². The van der Waals surface area contributed by atoms with Gasteiger partial charge in [0.15, 0.2) is 0 Å². The third-order valence-electron chi connectivity index (χ3n) is 2.30. The third kappa shape index (κ3) is 5.44. The molecule has 110 valence electrons. The van der Waals surface area contributed by atoms with E-state index >= 15 is 0 Å². The van der Waals surface area contributed by atoms with E-state index in [1.54, 1.807) is 0 Å². The van der Waals surface area contributed by atoms with Gasteiger partial charge < -0.3 is 16.4 Å². The van der Waals surface area contributed by atoms with Gasteiger partial charge in [-0.2, -0.15) is 0 Å². The molecule has 7 heteroatoms. The summed E-state index contributed by atoms with van der Waals surface area (Å²) >= 11 is 5.71. The van der Waals surface area contributed by atoms with Crippen LogP contribution in [0.15, 0.2) is 12.3 Å². The van der Waals surface area contributed by atoms with E-state index in [1.165, 1.54) is 12.3 Å². The predicted molar refractivity (Wildman–Crippen MR) is 78.5 cm³/mol. The summed E-state index contributed by atoms with van der Waals surface area (Å²) in [6, 6.07) is 1.39. The monoisotopic (exact) mass is 298 g/mol. The average molecular weight is 299 g/mol. The van der Waals surface area contributed by atoms with Gasteiger partial charge in [-0.15, -0.1) is 0 Å². The lowest BCUT2D eigenvalue weighted by Crippen LogP contribution is -2.42. The summed E-state index contributed by atoms with van der Waals surface area (Å²) in [6.07, 6.45) is 1.52. The van der Waals surface area contributed by atoms with E-state index in [0.29, 0.717) is 0 Å². The summed E-state index contributed by atoms with van der Waals surface area (Å²) in [4.78, 5) is 27.2. The number of rotatable bonds is 4. The highest BCUT2D eigenvalue weighted by Crippen LogP contribution is 2.14. The van der Waals surface area contributed by atoms with Crippen molar-refractivity contribution in [3.63, 3.8) is 0 Å². The first-order valence-corrected chi connectivity index (χ1v) is 6.57. The van der Waals surface area contributed by atoms with Gasteiger partial charge in [-0.25, -0.2) is 4.98 Å². The topological polar surface area (TPSA) is 97.1 Å². The third-order valence-corrected chi connectivity index (χ3v) is 2.50. The quantitative estimate of drug-likeness (QED) is 0.731. The summed E-state index contributed by atoms with van der Waals surface area (Å²) in [5.41, 5.74) is 5.85. The lowest BCUT2D eigenvalue weighted by Gasteiger charge is -2.20. The van der Waals surface area contributed by atoms with Crippen LogP contribution in [0.25, 0.3) is 0 Å². The van der Waals surface area contributed by atoms with E-state index in [1.807, 2.05) is 20.8 Å². The zero-order valence-electron chi connectivity index (χ0n) is 11.8. The molecule has 1 aromatic rings. The number of anilines is 1. The van der Waals surface area contributed by atoms with E-state index in [4.69, 9.17) is 17.3 Å². The molecule has 0 bridgehead atoms. The van der Waals surface area contributed by atoms with Gasteiger partial charge >= 0.3 is 0 Å². The Kier molecular flexibility index (Phi) is 5.33. The molecule has 2 amide bonds. The number of carbonyl (C=O) groups is 2. The molecule has 4 N–H and O–H groups in total. The number of nitrogens with one attached hydrogen (secondary N) is 2. The van der Waals surface area contributed by atoms with Crippen LogP contribution in [0.2, 0.25) is 5.15 Å². The first-order valence-electron chi connectivity index (χ1n) is 6.19. The fraction of sp³-hybridized carbons (Fsp3) is 0.462. The van der Waals surface area contributed by atoms with Crippen molar-refractivity contribution in [2.75, 3.05) is 12.3 Å². The van der Waals surface area contributed by atoms with Gasteiger partial charge in [0.05, 0.1) is 17.4 Å². The standard InChI is InChI=1S/C13H19ClN4O2/c1-13(2,3)18-11(19)4-5-16-12(20)8-6-10(14)17-7-9(8)15/h6-7H,4-5,15H2,1-3H3,(H,16,20)(H,18,19). The molecule has 0 aromatic carbocycles. The Balaban J connectivity index is 2.48. The summed E-state index contributed by atoms with van der Waals surface area (Å²) in [5, 5.41) is 5.61. The van der Waals surface area contributed by atoms with Gasteiger partial charge in [-0.05, 0) is 26.8 Å². The maximum absolute atomic E-state index is 11.9. The van der Waals surface area contributed by atoms with Gasteiger partial charge in [-0.1, -0.05) is 11.6 Å². The smallest absolute Gasteiger partial charge is 0.253 e. The molecule has 0 saturated carbocycles. The minimum Gasteiger partial charge on any atom is -0.397 e. The largest absolute Gasteiger partial charge is 0.397 e. The molecule has 0 saturated heterocycles. The van der Waals surface area contributed by atoms with Gasteiger partial charge in [0.2, 0.25) is 5.91 Å². The van der Waals surface area contributed by atoms with Gasteiger partial charge in [-0.3, -0.25) is 9.59 Å². The van der Waals surface area contributed by atoms with E-state index in [0.717, 1.165) is 0 Å². The van der Waals surface area contributed by atoms with E-state index in [-0.39, 0.29) is 46.7 Å². The number of halogens is 1. The minimum absolute atomic E-state index is 0.126. The van der Waals surface area contributed by atoms with Gasteiger partial charge in [0, 0.05) is 18.5 Å². The Morgan fingerprint density at radius 1 is 1.40 bits per heavy atom. The number of hydrogen-bond acceptors (Lipinski definition) is 4. The first kappa shape index (κ1) is 16.2. The van der Waals surface area contributed by atoms with Crippen LogP contribution >= 0.6 is 11.6 Å². The average Bonchev–Trinajstić information content (AvgIpc) is 2.29. The molecule has 0 fully saturated rings. The van der Waals surface area contributed by atoms with E-state index in [9.17, 15) is 9.59 Å². The SMILES string of the molecule is CC(C)(C)NC(=O)CCNC(=O)c1cc(Cl)ncc1N. The molecule has 0 aliphatic carbocycles. The highest BCUT2D eigenvalue weighted by atomic mass is 35.5. The maximum atomic E-state index is 11.9. The predicted octanol–water partition coefficient (Wildman–Crippen LogP) is 1.35. The molecule has 0 atom stereocenters. The molecule has 1 rings (SSSR count). The Hall–Kier alpha value is -1.82. The van der Waals surface area contributed by atoms with Crippen LogP contribution in [-0.2, 0) is 4.79 Å². The molecule has 1 aromatic heterocycles. The number of amides is 2. The normalized spacial score (nSPS) is 11.0. The lowest BCUT2D eigenvalue weighted by molar-refractivity contribution is -0.122. The van der Waals surface area contributed by atoms with E-state index < -0.39 is 0 Å². The number of nitrogens with two attached hydrogens (primary N) is 1. The van der Waals surface area contributed by atoms with Crippen LogP contribution in [0.1, 0.15) is 37.6 Å². The fourth-order valence-electron chi connectivity index (χ4n) is 1.50. The zero-order valence-corrected chi connectivity index (χ0v) is 12.5. The Labute approximate surface area is 123 Å². The van der Waals surface area contributed by atoms with Crippen molar-refractivity contribution in [1.82, 2.24) is 15.6 Å². The molecule has 0 aliphatic heterocycles. The summed E-state index contributed by atoms with van der Waals surface area (Å²) in [7, 11) is 0. The molecule has 6 nitrogen and oxygen atoms in total. The second kappa shape index (κ2) is 6.56. The number of carbonyl (C=O) groups excluding carboxylic acids is 2. The van der Waals surface area contributed by atoms with Crippen LogP contribution in [0.4, 0.5) is 5.69 Å². The van der Waals surface area contributed by atoms with Crippen molar-refractivity contribution in [3.8, 4) is 0 Å². The number of nitrogens with zero attached hydrogens (tertiary/aromatic N) is 1. The van der Waals surface area contributed by atoms with Gasteiger partial charge in [0.1, 0.15) is 5.15 Å². The number of aromatic nitrogens is 1. The number of hydrogen-bond donors (Lipinski definition) is 3. The van der Waals surface area contributed by atoms with Crippen LogP contribution in [0.3, 0.4) is 0 Å². The van der Waals surface area contributed by atoms with Crippen LogP contribution in [0.5, 0.6) is 0 Å². The first-order chi connectivity index (χ1) is 9.19. The molecular weight excluding hydrogens is 280 g/mol. The van der Waals surface area contributed by atoms with Crippen molar-refractivity contribution in [3.05, 3.63) is 23.0 Å². The number of pyridine rings is 1. The van der Waals surface area contributed by atoms with Crippen LogP contribution in [0, 0.1) is 0 Å². The molecule has 0 unspecified atom stereocenters.